The van der Waals surface area contributed by atoms with Crippen LogP contribution in [0.5, 0.6) is 0 Å². The van der Waals surface area contributed by atoms with E-state index < -0.39 is 0 Å². The van der Waals surface area contributed by atoms with Crippen LogP contribution in [0, 0.1) is 11.3 Å². The highest BCUT2D eigenvalue weighted by Gasteiger charge is 2.25. The van der Waals surface area contributed by atoms with Crippen molar-refractivity contribution in [2.75, 3.05) is 18.0 Å². The number of anilines is 1. The highest BCUT2D eigenvalue weighted by Crippen LogP contribution is 2.37. The minimum atomic E-state index is -0.217. The second-order valence-corrected chi connectivity index (χ2v) is 8.79. The van der Waals surface area contributed by atoms with Crippen LogP contribution in [0.3, 0.4) is 0 Å². The van der Waals surface area contributed by atoms with Gasteiger partial charge in [-0.05, 0) is 24.5 Å². The summed E-state index contributed by atoms with van der Waals surface area (Å²) in [5.41, 5.74) is 7.63. The summed E-state index contributed by atoms with van der Waals surface area (Å²) in [5.74, 6) is 0.511. The fraction of sp³-hybridized carbons (Fsp3) is 0.316. The Kier molecular flexibility index (Phi) is 5.30. The van der Waals surface area contributed by atoms with Crippen molar-refractivity contribution in [3.8, 4) is 6.07 Å². The van der Waals surface area contributed by atoms with Crippen molar-refractivity contribution in [3.05, 3.63) is 55.1 Å². The molecule has 0 amide bonds. The molecular formula is C19H17Cl2N5OS. The van der Waals surface area contributed by atoms with Crippen LogP contribution in [0.1, 0.15) is 24.0 Å². The number of hydrogen-bond donors (Lipinski definition) is 1. The fourth-order valence-corrected chi connectivity index (χ4v) is 4.94. The van der Waals surface area contributed by atoms with Gasteiger partial charge in [-0.15, -0.1) is 11.3 Å². The number of piperidine rings is 1. The van der Waals surface area contributed by atoms with E-state index in [1.807, 2.05) is 17.0 Å². The van der Waals surface area contributed by atoms with Gasteiger partial charge in [0.1, 0.15) is 14.6 Å². The molecule has 144 valence electrons. The first-order chi connectivity index (χ1) is 13.5. The first-order valence-electron chi connectivity index (χ1n) is 8.86. The third-order valence-electron chi connectivity index (χ3n) is 4.89. The van der Waals surface area contributed by atoms with Gasteiger partial charge in [0.25, 0.3) is 5.56 Å². The van der Waals surface area contributed by atoms with Crippen LogP contribution in [0.4, 0.5) is 5.95 Å². The van der Waals surface area contributed by atoms with Crippen molar-refractivity contribution in [2.24, 2.45) is 5.73 Å². The standard InChI is InChI=1S/C19H17Cl2N5OS/c20-14-15-16(28-17(14)21)18(27)26(9-12-5-2-1-4-11(12)8-22)19(24-15)25-7-3-6-13(23)10-25/h1-2,4-5,13H,3,6-7,9-10,23H2. The topological polar surface area (TPSA) is 87.9 Å². The molecule has 1 fully saturated rings. The van der Waals surface area contributed by atoms with Crippen molar-refractivity contribution in [1.29, 1.82) is 5.26 Å². The summed E-state index contributed by atoms with van der Waals surface area (Å²) in [4.78, 5) is 20.0. The Bertz CT molecular complexity index is 1150. The molecular weight excluding hydrogens is 417 g/mol. The Morgan fingerprint density at radius 2 is 2.14 bits per heavy atom. The van der Waals surface area contributed by atoms with Gasteiger partial charge in [-0.3, -0.25) is 9.36 Å². The van der Waals surface area contributed by atoms with Gasteiger partial charge in [0, 0.05) is 19.1 Å². The molecule has 3 heterocycles. The minimum absolute atomic E-state index is 0.0164. The third-order valence-corrected chi connectivity index (χ3v) is 6.84. The number of nitriles is 1. The molecule has 6 nitrogen and oxygen atoms in total. The van der Waals surface area contributed by atoms with Crippen molar-refractivity contribution in [2.45, 2.75) is 25.4 Å². The molecule has 2 N–H and O–H groups in total. The Morgan fingerprint density at radius 1 is 1.36 bits per heavy atom. The molecule has 0 spiro atoms. The number of nitrogens with two attached hydrogens (primary N) is 1. The highest BCUT2D eigenvalue weighted by atomic mass is 35.5. The van der Waals surface area contributed by atoms with E-state index >= 15 is 0 Å². The molecule has 3 aromatic rings. The van der Waals surface area contributed by atoms with Crippen LogP contribution in [0.25, 0.3) is 10.2 Å². The Balaban J connectivity index is 1.92. The summed E-state index contributed by atoms with van der Waals surface area (Å²) in [6.45, 7) is 1.59. The van der Waals surface area contributed by atoms with Gasteiger partial charge >= 0.3 is 0 Å². The lowest BCUT2D eigenvalue weighted by Crippen LogP contribution is -2.45. The van der Waals surface area contributed by atoms with Gasteiger partial charge in [0.2, 0.25) is 5.95 Å². The molecule has 1 aliphatic rings. The number of thiophene rings is 1. The number of rotatable bonds is 3. The van der Waals surface area contributed by atoms with E-state index in [1.165, 1.54) is 0 Å². The maximum Gasteiger partial charge on any atom is 0.273 e. The minimum Gasteiger partial charge on any atom is -0.341 e. The molecule has 28 heavy (non-hydrogen) atoms. The first kappa shape index (κ1) is 19.2. The summed E-state index contributed by atoms with van der Waals surface area (Å²) in [6, 6.07) is 9.43. The van der Waals surface area contributed by atoms with Crippen LogP contribution in [0.2, 0.25) is 9.36 Å². The molecule has 0 aliphatic carbocycles. The largest absolute Gasteiger partial charge is 0.341 e. The number of nitrogens with zero attached hydrogens (tertiary/aromatic N) is 4. The van der Waals surface area contributed by atoms with Gasteiger partial charge in [-0.1, -0.05) is 41.4 Å². The van der Waals surface area contributed by atoms with Gasteiger partial charge < -0.3 is 10.6 Å². The summed E-state index contributed by atoms with van der Waals surface area (Å²) >= 11 is 13.6. The molecule has 1 aromatic carbocycles. The quantitative estimate of drug-likeness (QED) is 0.681. The maximum atomic E-state index is 13.3. The molecule has 0 radical (unpaired) electrons. The molecule has 1 aliphatic heterocycles. The third kappa shape index (κ3) is 3.38. The zero-order chi connectivity index (χ0) is 19.8. The lowest BCUT2D eigenvalue weighted by molar-refractivity contribution is 0.492. The van der Waals surface area contributed by atoms with Crippen molar-refractivity contribution < 1.29 is 0 Å². The van der Waals surface area contributed by atoms with Crippen LogP contribution >= 0.6 is 34.5 Å². The molecule has 1 saturated heterocycles. The Hall–Kier alpha value is -2.11. The van der Waals surface area contributed by atoms with Gasteiger partial charge in [0.15, 0.2) is 0 Å². The maximum absolute atomic E-state index is 13.3. The SMILES string of the molecule is N#Cc1ccccc1Cn1c(N2CCCC(N)C2)nc2c(Cl)c(Cl)sc2c1=O. The second kappa shape index (κ2) is 7.72. The average molecular weight is 434 g/mol. The van der Waals surface area contributed by atoms with Gasteiger partial charge in [0.05, 0.1) is 23.2 Å². The zero-order valence-corrected chi connectivity index (χ0v) is 17.2. The van der Waals surface area contributed by atoms with Crippen LogP contribution in [-0.2, 0) is 6.54 Å². The van der Waals surface area contributed by atoms with Crippen LogP contribution in [0.15, 0.2) is 29.1 Å². The summed E-state index contributed by atoms with van der Waals surface area (Å²) in [5, 5.41) is 9.71. The van der Waals surface area contributed by atoms with Gasteiger partial charge in [-0.2, -0.15) is 5.26 Å². The lowest BCUT2D eigenvalue weighted by Gasteiger charge is -2.33. The van der Waals surface area contributed by atoms with Crippen molar-refractivity contribution in [1.82, 2.24) is 9.55 Å². The van der Waals surface area contributed by atoms with Gasteiger partial charge in [-0.25, -0.2) is 4.98 Å². The van der Waals surface area contributed by atoms with E-state index in [1.54, 1.807) is 16.7 Å². The lowest BCUT2D eigenvalue weighted by atomic mass is 10.1. The van der Waals surface area contributed by atoms with Crippen molar-refractivity contribution >= 4 is 50.7 Å². The van der Waals surface area contributed by atoms with E-state index in [0.29, 0.717) is 37.6 Å². The Labute approximate surface area is 175 Å². The number of halogens is 2. The molecule has 2 aromatic heterocycles. The normalized spacial score (nSPS) is 17.1. The predicted octanol–water partition coefficient (Wildman–Crippen LogP) is 3.61. The summed E-state index contributed by atoms with van der Waals surface area (Å²) in [7, 11) is 0. The van der Waals surface area contributed by atoms with Crippen LogP contribution in [-0.4, -0.2) is 28.7 Å². The van der Waals surface area contributed by atoms with E-state index in [9.17, 15) is 10.1 Å². The predicted molar refractivity (Wildman–Crippen MR) is 114 cm³/mol. The molecule has 4 rings (SSSR count). The van der Waals surface area contributed by atoms with E-state index in [2.05, 4.69) is 6.07 Å². The van der Waals surface area contributed by atoms with E-state index in [-0.39, 0.29) is 18.1 Å². The monoisotopic (exact) mass is 433 g/mol. The smallest absolute Gasteiger partial charge is 0.273 e. The first-order valence-corrected chi connectivity index (χ1v) is 10.4. The molecule has 9 heteroatoms. The second-order valence-electron chi connectivity index (χ2n) is 6.79. The average Bonchev–Trinajstić information content (AvgIpc) is 2.99. The van der Waals surface area contributed by atoms with E-state index in [0.717, 1.165) is 36.3 Å². The van der Waals surface area contributed by atoms with Crippen molar-refractivity contribution in [3.63, 3.8) is 0 Å². The fourth-order valence-electron chi connectivity index (χ4n) is 3.51. The Morgan fingerprint density at radius 3 is 2.89 bits per heavy atom. The molecule has 1 atom stereocenters. The summed E-state index contributed by atoms with van der Waals surface area (Å²) < 4.78 is 2.35. The van der Waals surface area contributed by atoms with Crippen LogP contribution < -0.4 is 16.2 Å². The molecule has 1 unspecified atom stereocenters. The zero-order valence-electron chi connectivity index (χ0n) is 14.9. The number of aromatic nitrogens is 2. The molecule has 0 saturated carbocycles. The molecule has 0 bridgehead atoms. The number of hydrogen-bond acceptors (Lipinski definition) is 6. The number of benzene rings is 1. The highest BCUT2D eigenvalue weighted by molar-refractivity contribution is 7.23. The van der Waals surface area contributed by atoms with E-state index in [4.69, 9.17) is 33.9 Å². The number of fused-ring (bicyclic) bond motifs is 1. The summed E-state index contributed by atoms with van der Waals surface area (Å²) in [6.07, 6.45) is 1.85.